The fraction of sp³-hybridized carbons (Fsp3) is 0.556. The average molecular weight is 509 g/mol. The van der Waals surface area contributed by atoms with Crippen molar-refractivity contribution in [2.75, 3.05) is 33.8 Å². The third-order valence-electron chi connectivity index (χ3n) is 2.64. The van der Waals surface area contributed by atoms with Crippen molar-refractivity contribution >= 4 is 47.5 Å². The first-order valence-corrected chi connectivity index (χ1v) is 9.63. The monoisotopic (exact) mass is 508 g/mol. The van der Waals surface area contributed by atoms with Gasteiger partial charge in [-0.2, -0.15) is 0 Å². The minimum Gasteiger partial charge on any atom is -0.481 e. The zero-order valence-electron chi connectivity index (χ0n) is 20.4. The number of rotatable bonds is 6. The number of hydrogen-bond donors (Lipinski definition) is 8. The summed E-state index contributed by atoms with van der Waals surface area (Å²) >= 11 is 0. The summed E-state index contributed by atoms with van der Waals surface area (Å²) in [6, 6.07) is 0. The highest BCUT2D eigenvalue weighted by Crippen LogP contribution is 1.89. The van der Waals surface area contributed by atoms with Gasteiger partial charge in [0.05, 0.1) is 6.54 Å². The van der Waals surface area contributed by atoms with Crippen LogP contribution in [0.25, 0.3) is 0 Å². The minimum absolute atomic E-state index is 0.0995. The molecular formula is C18H36N8O9. The van der Waals surface area contributed by atoms with Crippen LogP contribution in [-0.2, 0) is 33.5 Å². The van der Waals surface area contributed by atoms with E-state index in [4.69, 9.17) is 37.3 Å². The highest BCUT2D eigenvalue weighted by molar-refractivity contribution is 6.02. The maximum atomic E-state index is 10.8. The van der Waals surface area contributed by atoms with Crippen LogP contribution in [0, 0.1) is 10.8 Å². The fourth-order valence-electron chi connectivity index (χ4n) is 1.25. The maximum absolute atomic E-state index is 10.8. The average Bonchev–Trinajstić information content (AvgIpc) is 2.95. The number of nitrogens with zero attached hydrogens (tertiary/aromatic N) is 2. The molecule has 1 rings (SSSR count). The Bertz CT molecular complexity index is 723. The summed E-state index contributed by atoms with van der Waals surface area (Å²) in [6.07, 6.45) is 1.02. The Morgan fingerprint density at radius 3 is 1.74 bits per heavy atom. The number of guanidine groups is 2. The summed E-state index contributed by atoms with van der Waals surface area (Å²) in [5.41, 5.74) is 14.3. The molecule has 1 aliphatic heterocycles. The Morgan fingerprint density at radius 1 is 1.14 bits per heavy atom. The van der Waals surface area contributed by atoms with Crippen molar-refractivity contribution in [1.29, 1.82) is 10.8 Å². The molecule has 17 heteroatoms. The summed E-state index contributed by atoms with van der Waals surface area (Å²) < 4.78 is 4.42. The largest absolute Gasteiger partial charge is 0.481 e. The standard InChI is InChI=1S/C6H12N4O3.C4H7N3O.C4H8O2.C2H5NO.C2H4O2/c1-10(6(8)9)2-5(12)13-3-4(7)11;1-7-2-3(8)6-4(7)5;1-2-3-4(5)6;2*1-2(3)4/h2-3H2,1H3,(H2,7,11)(H3,8,9);2H2,1H3,(H2,5,6,8);2-3H2,1H3,(H,5,6);1H3,(H2,3,4);1H3,(H,3,4). The second-order valence-corrected chi connectivity index (χ2v) is 6.39. The molecule has 3 amide bonds. The number of carbonyl (C=O) groups is 6. The Hall–Kier alpha value is -4.44. The first-order valence-electron chi connectivity index (χ1n) is 9.63. The molecule has 1 aliphatic rings. The molecule has 11 N–H and O–H groups in total. The van der Waals surface area contributed by atoms with E-state index in [0.717, 1.165) is 13.3 Å². The van der Waals surface area contributed by atoms with E-state index in [1.165, 1.54) is 18.9 Å². The quantitative estimate of drug-likeness (QED) is 0.103. The summed E-state index contributed by atoms with van der Waals surface area (Å²) in [7, 11) is 3.15. The lowest BCUT2D eigenvalue weighted by Crippen LogP contribution is -2.38. The van der Waals surface area contributed by atoms with Gasteiger partial charge in [0.15, 0.2) is 18.5 Å². The van der Waals surface area contributed by atoms with Crippen molar-refractivity contribution in [2.45, 2.75) is 33.6 Å². The summed E-state index contributed by atoms with van der Waals surface area (Å²) in [4.78, 5) is 61.9. The van der Waals surface area contributed by atoms with E-state index in [9.17, 15) is 24.0 Å². The molecule has 35 heavy (non-hydrogen) atoms. The van der Waals surface area contributed by atoms with Crippen LogP contribution in [0.2, 0.25) is 0 Å². The number of ether oxygens (including phenoxy) is 1. The van der Waals surface area contributed by atoms with E-state index in [-0.39, 0.29) is 30.3 Å². The molecule has 1 saturated heterocycles. The lowest BCUT2D eigenvalue weighted by molar-refractivity contribution is -0.147. The SMILES string of the molecule is CC(=O)O.CC(N)=O.CCCC(=O)O.CN(CC(=O)OCC(N)=O)C(=N)N.CN1CC(=O)NC1=N. The number of nitrogens with two attached hydrogens (primary N) is 3. The van der Waals surface area contributed by atoms with Gasteiger partial charge in [-0.1, -0.05) is 6.92 Å². The number of carbonyl (C=O) groups excluding carboxylic acids is 4. The molecule has 0 atom stereocenters. The third kappa shape index (κ3) is 40.4. The van der Waals surface area contributed by atoms with Crippen molar-refractivity contribution in [3.63, 3.8) is 0 Å². The number of carboxylic acids is 2. The van der Waals surface area contributed by atoms with E-state index in [2.05, 4.69) is 15.8 Å². The molecule has 0 spiro atoms. The number of nitrogens with one attached hydrogen (secondary N) is 3. The van der Waals surface area contributed by atoms with Gasteiger partial charge in [0.1, 0.15) is 6.54 Å². The van der Waals surface area contributed by atoms with Crippen molar-refractivity contribution in [1.82, 2.24) is 15.1 Å². The summed E-state index contributed by atoms with van der Waals surface area (Å²) in [5, 5.41) is 31.6. The molecular weight excluding hydrogens is 472 g/mol. The number of hydrogen-bond acceptors (Lipinski definition) is 9. The number of esters is 1. The molecule has 0 bridgehead atoms. The van der Waals surface area contributed by atoms with Crippen LogP contribution in [0.1, 0.15) is 33.6 Å². The van der Waals surface area contributed by atoms with Crippen LogP contribution in [0.3, 0.4) is 0 Å². The highest BCUT2D eigenvalue weighted by Gasteiger charge is 2.18. The van der Waals surface area contributed by atoms with Gasteiger partial charge in [0.25, 0.3) is 11.9 Å². The molecule has 0 aromatic carbocycles. The summed E-state index contributed by atoms with van der Waals surface area (Å²) in [5.74, 6) is -3.42. The van der Waals surface area contributed by atoms with E-state index < -0.39 is 30.4 Å². The van der Waals surface area contributed by atoms with Crippen LogP contribution in [0.4, 0.5) is 0 Å². The van der Waals surface area contributed by atoms with Gasteiger partial charge in [0, 0.05) is 34.4 Å². The number of carboxylic acid groups (broad SMARTS) is 2. The molecule has 202 valence electrons. The molecule has 0 aromatic rings. The lowest BCUT2D eigenvalue weighted by atomic mass is 10.4. The smallest absolute Gasteiger partial charge is 0.326 e. The Balaban J connectivity index is -0.000000187. The van der Waals surface area contributed by atoms with Crippen molar-refractivity contribution < 1.29 is 43.7 Å². The predicted molar refractivity (Wildman–Crippen MR) is 124 cm³/mol. The van der Waals surface area contributed by atoms with Gasteiger partial charge in [0.2, 0.25) is 11.8 Å². The molecule has 17 nitrogen and oxygen atoms in total. The summed E-state index contributed by atoms with van der Waals surface area (Å²) in [6.45, 7) is 3.92. The van der Waals surface area contributed by atoms with Gasteiger partial charge in [-0.25, -0.2) is 0 Å². The van der Waals surface area contributed by atoms with Gasteiger partial charge >= 0.3 is 11.9 Å². The van der Waals surface area contributed by atoms with Crippen LogP contribution in [0.5, 0.6) is 0 Å². The second-order valence-electron chi connectivity index (χ2n) is 6.39. The minimum atomic E-state index is -0.833. The van der Waals surface area contributed by atoms with Crippen LogP contribution >= 0.6 is 0 Å². The van der Waals surface area contributed by atoms with Gasteiger partial charge in [-0.15, -0.1) is 0 Å². The zero-order chi connectivity index (χ0) is 28.7. The number of aliphatic carboxylic acids is 2. The number of amides is 3. The highest BCUT2D eigenvalue weighted by atomic mass is 16.5. The normalized spacial score (nSPS) is 10.6. The van der Waals surface area contributed by atoms with Crippen LogP contribution < -0.4 is 22.5 Å². The van der Waals surface area contributed by atoms with E-state index in [1.807, 2.05) is 6.92 Å². The second kappa shape index (κ2) is 22.7. The molecule has 0 aliphatic carbocycles. The molecule has 0 saturated carbocycles. The Kier molecular flexibility index (Phi) is 24.6. The predicted octanol–water partition coefficient (Wildman–Crippen LogP) is -2.72. The van der Waals surface area contributed by atoms with Gasteiger partial charge in [-0.3, -0.25) is 44.9 Å². The van der Waals surface area contributed by atoms with E-state index in [0.29, 0.717) is 13.0 Å². The molecule has 1 fully saturated rings. The maximum Gasteiger partial charge on any atom is 0.326 e. The molecule has 1 heterocycles. The topological polar surface area (TPSA) is 296 Å². The third-order valence-corrected chi connectivity index (χ3v) is 2.64. The number of primary amides is 2. The molecule has 0 radical (unpaired) electrons. The van der Waals surface area contributed by atoms with Crippen LogP contribution in [0.15, 0.2) is 0 Å². The van der Waals surface area contributed by atoms with E-state index >= 15 is 0 Å². The van der Waals surface area contributed by atoms with Crippen LogP contribution in [-0.4, -0.2) is 101 Å². The first kappa shape index (κ1) is 37.9. The number of likely N-dealkylation sites (N-methyl/N-ethyl adjacent to an activating group) is 2. The zero-order valence-corrected chi connectivity index (χ0v) is 20.4. The Labute approximate surface area is 202 Å². The Morgan fingerprint density at radius 2 is 1.57 bits per heavy atom. The van der Waals surface area contributed by atoms with Crippen molar-refractivity contribution in [3.05, 3.63) is 0 Å². The molecule has 0 unspecified atom stereocenters. The van der Waals surface area contributed by atoms with Crippen molar-refractivity contribution in [2.24, 2.45) is 17.2 Å². The fourth-order valence-corrected chi connectivity index (χ4v) is 1.25. The van der Waals surface area contributed by atoms with E-state index in [1.54, 1.807) is 11.9 Å². The lowest BCUT2D eigenvalue weighted by Gasteiger charge is -2.14. The first-order chi connectivity index (χ1) is 15.9. The molecule has 0 aromatic heterocycles. The van der Waals surface area contributed by atoms with Gasteiger partial charge in [-0.05, 0) is 6.42 Å². The van der Waals surface area contributed by atoms with Gasteiger partial charge < -0.3 is 42.0 Å². The van der Waals surface area contributed by atoms with Crippen molar-refractivity contribution in [3.8, 4) is 0 Å².